The second-order valence-electron chi connectivity index (χ2n) is 5.58. The zero-order valence-corrected chi connectivity index (χ0v) is 12.9. The van der Waals surface area contributed by atoms with Crippen LogP contribution in [0.5, 0.6) is 0 Å². The van der Waals surface area contributed by atoms with Crippen LogP contribution < -0.4 is 0 Å². The summed E-state index contributed by atoms with van der Waals surface area (Å²) in [6.45, 7) is 0. The molecule has 0 bridgehead atoms. The molecule has 4 rings (SSSR count). The predicted octanol–water partition coefficient (Wildman–Crippen LogP) is 2.26. The third-order valence-electron chi connectivity index (χ3n) is 4.01. The van der Waals surface area contributed by atoms with Crippen molar-refractivity contribution in [3.8, 4) is 0 Å². The van der Waals surface area contributed by atoms with Crippen molar-refractivity contribution in [2.45, 2.75) is 12.5 Å². The number of nitrogens with zero attached hydrogens (tertiary/aromatic N) is 2. The van der Waals surface area contributed by atoms with E-state index in [4.69, 9.17) is 9.68 Å². The number of hydrogen-bond acceptors (Lipinski definition) is 6. The quantitative estimate of drug-likeness (QED) is 0.803. The average Bonchev–Trinajstić information content (AvgIpc) is 3.23. The van der Waals surface area contributed by atoms with Crippen LogP contribution in [0, 0.1) is 0 Å². The Hall–Kier alpha value is -3.48. The Kier molecular flexibility index (Phi) is 3.53. The highest BCUT2D eigenvalue weighted by Crippen LogP contribution is 2.28. The highest BCUT2D eigenvalue weighted by atomic mass is 16.7. The van der Waals surface area contributed by atoms with Gasteiger partial charge in [0.05, 0.1) is 11.1 Å². The fraction of sp³-hybridized carbons (Fsp3) is 0.111. The second kappa shape index (κ2) is 5.86. The number of benzene rings is 2. The number of carbonyl (C=O) groups is 3. The van der Waals surface area contributed by atoms with Crippen LogP contribution in [0.3, 0.4) is 0 Å². The molecule has 2 aromatic carbocycles. The lowest BCUT2D eigenvalue weighted by Gasteiger charge is -2.12. The van der Waals surface area contributed by atoms with Crippen molar-refractivity contribution in [1.29, 1.82) is 0 Å². The van der Waals surface area contributed by atoms with Crippen LogP contribution in [0.4, 0.5) is 0 Å². The molecule has 2 aromatic rings. The number of oxime groups is 1. The van der Waals surface area contributed by atoms with Crippen molar-refractivity contribution in [3.05, 3.63) is 71.3 Å². The highest BCUT2D eigenvalue weighted by Gasteiger charge is 2.40. The first-order valence-electron chi connectivity index (χ1n) is 7.63. The number of rotatable bonds is 3. The molecule has 2 aliphatic heterocycles. The molecule has 1 atom stereocenters. The van der Waals surface area contributed by atoms with Gasteiger partial charge in [-0.05, 0) is 17.7 Å². The maximum atomic E-state index is 12.2. The van der Waals surface area contributed by atoms with Crippen molar-refractivity contribution >= 4 is 23.5 Å². The van der Waals surface area contributed by atoms with Gasteiger partial charge in [0.1, 0.15) is 0 Å². The first kappa shape index (κ1) is 15.1. The topological polar surface area (TPSA) is 85.3 Å². The monoisotopic (exact) mass is 336 g/mol. The molecule has 0 saturated carbocycles. The summed E-state index contributed by atoms with van der Waals surface area (Å²) in [7, 11) is 0. The van der Waals surface area contributed by atoms with E-state index < -0.39 is 23.9 Å². The standard InChI is InChI=1S/C18H12N2O5/c21-16-12-8-4-5-9-13(12)17(22)20(16)25-18(23)14-10-15(24-19-14)11-6-2-1-3-7-11/h1-9,15H,10H2. The minimum absolute atomic E-state index is 0.0189. The van der Waals surface area contributed by atoms with E-state index in [0.717, 1.165) is 5.56 Å². The summed E-state index contributed by atoms with van der Waals surface area (Å²) in [5, 5.41) is 4.19. The van der Waals surface area contributed by atoms with Gasteiger partial charge in [0.25, 0.3) is 11.8 Å². The van der Waals surface area contributed by atoms with Crippen molar-refractivity contribution in [3.63, 3.8) is 0 Å². The number of imide groups is 1. The number of fused-ring (bicyclic) bond motifs is 1. The van der Waals surface area contributed by atoms with E-state index in [9.17, 15) is 14.4 Å². The first-order valence-corrected chi connectivity index (χ1v) is 7.63. The van der Waals surface area contributed by atoms with Crippen LogP contribution in [0.1, 0.15) is 38.8 Å². The summed E-state index contributed by atoms with van der Waals surface area (Å²) in [6, 6.07) is 15.6. The smallest absolute Gasteiger partial charge is 0.381 e. The Morgan fingerprint density at radius 3 is 2.24 bits per heavy atom. The third kappa shape index (κ3) is 2.55. The van der Waals surface area contributed by atoms with E-state index in [2.05, 4.69) is 5.16 Å². The molecule has 0 aliphatic carbocycles. The van der Waals surface area contributed by atoms with Gasteiger partial charge in [-0.2, -0.15) is 0 Å². The van der Waals surface area contributed by atoms with Crippen molar-refractivity contribution in [1.82, 2.24) is 5.06 Å². The van der Waals surface area contributed by atoms with Crippen molar-refractivity contribution < 1.29 is 24.1 Å². The molecule has 124 valence electrons. The molecule has 1 unspecified atom stereocenters. The molecular formula is C18H12N2O5. The van der Waals surface area contributed by atoms with Crippen LogP contribution >= 0.6 is 0 Å². The van der Waals surface area contributed by atoms with Gasteiger partial charge < -0.3 is 9.68 Å². The summed E-state index contributed by atoms with van der Waals surface area (Å²) in [6.07, 6.45) is -0.197. The van der Waals surface area contributed by atoms with Gasteiger partial charge in [-0.1, -0.05) is 52.7 Å². The highest BCUT2D eigenvalue weighted by molar-refractivity contribution is 6.37. The van der Waals surface area contributed by atoms with E-state index in [0.29, 0.717) is 5.06 Å². The van der Waals surface area contributed by atoms with E-state index in [1.807, 2.05) is 30.3 Å². The van der Waals surface area contributed by atoms with Gasteiger partial charge in [-0.3, -0.25) is 9.59 Å². The number of hydroxylamine groups is 2. The Labute approximate surface area is 142 Å². The fourth-order valence-corrected chi connectivity index (χ4v) is 2.73. The lowest BCUT2D eigenvalue weighted by Crippen LogP contribution is -2.35. The molecule has 0 spiro atoms. The van der Waals surface area contributed by atoms with E-state index in [1.54, 1.807) is 12.1 Å². The van der Waals surface area contributed by atoms with Gasteiger partial charge in [0.2, 0.25) is 0 Å². The van der Waals surface area contributed by atoms with Crippen LogP contribution in [0.2, 0.25) is 0 Å². The molecule has 2 amide bonds. The second-order valence-corrected chi connectivity index (χ2v) is 5.58. The Balaban J connectivity index is 1.45. The lowest BCUT2D eigenvalue weighted by atomic mass is 10.1. The minimum atomic E-state index is -0.882. The Morgan fingerprint density at radius 2 is 1.60 bits per heavy atom. The molecule has 7 nitrogen and oxygen atoms in total. The Morgan fingerprint density at radius 1 is 1.00 bits per heavy atom. The van der Waals surface area contributed by atoms with Gasteiger partial charge in [-0.15, -0.1) is 0 Å². The van der Waals surface area contributed by atoms with Crippen molar-refractivity contribution in [2.24, 2.45) is 5.16 Å². The first-order chi connectivity index (χ1) is 12.1. The summed E-state index contributed by atoms with van der Waals surface area (Å²) in [4.78, 5) is 46.9. The molecular weight excluding hydrogens is 324 g/mol. The van der Waals surface area contributed by atoms with Gasteiger partial charge in [0.15, 0.2) is 11.8 Å². The molecule has 0 fully saturated rings. The third-order valence-corrected chi connectivity index (χ3v) is 4.01. The van der Waals surface area contributed by atoms with E-state index in [1.165, 1.54) is 12.1 Å². The van der Waals surface area contributed by atoms with Gasteiger partial charge in [-0.25, -0.2) is 4.79 Å². The maximum Gasteiger partial charge on any atom is 0.381 e. The van der Waals surface area contributed by atoms with Gasteiger partial charge in [0, 0.05) is 6.42 Å². The number of hydrogen-bond donors (Lipinski definition) is 0. The average molecular weight is 336 g/mol. The molecule has 7 heteroatoms. The van der Waals surface area contributed by atoms with Crippen molar-refractivity contribution in [2.75, 3.05) is 0 Å². The molecule has 0 aromatic heterocycles. The molecule has 0 N–H and O–H groups in total. The Bertz CT molecular complexity index is 872. The fourth-order valence-electron chi connectivity index (χ4n) is 2.73. The minimum Gasteiger partial charge on any atom is -0.387 e. The van der Waals surface area contributed by atoms with E-state index in [-0.39, 0.29) is 23.3 Å². The molecule has 0 radical (unpaired) electrons. The van der Waals surface area contributed by atoms with Gasteiger partial charge >= 0.3 is 5.97 Å². The van der Waals surface area contributed by atoms with E-state index >= 15 is 0 Å². The number of amides is 2. The summed E-state index contributed by atoms with van der Waals surface area (Å²) in [5.74, 6) is -2.23. The zero-order valence-electron chi connectivity index (χ0n) is 12.9. The normalized spacial score (nSPS) is 18.6. The molecule has 25 heavy (non-hydrogen) atoms. The largest absolute Gasteiger partial charge is 0.387 e. The van der Waals surface area contributed by atoms with Crippen LogP contribution in [-0.2, 0) is 14.5 Å². The van der Waals surface area contributed by atoms with Crippen LogP contribution in [0.25, 0.3) is 0 Å². The maximum absolute atomic E-state index is 12.2. The molecule has 2 heterocycles. The lowest BCUT2D eigenvalue weighted by molar-refractivity contribution is -0.159. The predicted molar refractivity (Wildman–Crippen MR) is 85.4 cm³/mol. The van der Waals surface area contributed by atoms with Crippen LogP contribution in [0.15, 0.2) is 59.8 Å². The summed E-state index contributed by atoms with van der Waals surface area (Å²) in [5.41, 5.74) is 1.29. The number of carbonyl (C=O) groups excluding carboxylic acids is 3. The molecule has 2 aliphatic rings. The van der Waals surface area contributed by atoms with Crippen LogP contribution in [-0.4, -0.2) is 28.6 Å². The molecule has 0 saturated heterocycles. The summed E-state index contributed by atoms with van der Waals surface area (Å²) < 4.78 is 0. The zero-order chi connectivity index (χ0) is 17.4. The SMILES string of the molecule is O=C(ON1C(=O)c2ccccc2C1=O)C1=NOC(c2ccccc2)C1. The summed E-state index contributed by atoms with van der Waals surface area (Å²) >= 11 is 0.